The third kappa shape index (κ3) is 6.17. The number of morpholine rings is 1. The summed E-state index contributed by atoms with van der Waals surface area (Å²) in [6.07, 6.45) is -0.868. The Morgan fingerprint density at radius 2 is 1.36 bits per heavy atom. The summed E-state index contributed by atoms with van der Waals surface area (Å²) in [5.74, 6) is -3.49. The van der Waals surface area contributed by atoms with Gasteiger partial charge in [0.05, 0.1) is 39.9 Å². The second kappa shape index (κ2) is 15.1. The Hall–Kier alpha value is -7.15. The van der Waals surface area contributed by atoms with Crippen LogP contribution >= 0.6 is 11.3 Å². The number of benzene rings is 6. The highest BCUT2D eigenvalue weighted by molar-refractivity contribution is 7.22. The summed E-state index contributed by atoms with van der Waals surface area (Å²) < 4.78 is 7.36. The molecule has 0 radical (unpaired) electrons. The molecule has 4 heterocycles. The molecule has 2 fully saturated rings. The molecule has 11 nitrogen and oxygen atoms in total. The average Bonchev–Trinajstić information content (AvgIpc) is 3.93. The number of nitrogens with zero attached hydrogens (tertiary/aromatic N) is 3. The van der Waals surface area contributed by atoms with Crippen LogP contribution in [0.4, 0.5) is 15.6 Å². The minimum atomic E-state index is -1.91. The minimum absolute atomic E-state index is 0.00801. The summed E-state index contributed by atoms with van der Waals surface area (Å²) in [6.45, 7) is 1.84. The number of anilines is 2. The fourth-order valence-electron chi connectivity index (χ4n) is 9.70. The normalized spacial score (nSPS) is 23.6. The number of thiazole rings is 1. The van der Waals surface area contributed by atoms with E-state index < -0.39 is 65.4 Å². The van der Waals surface area contributed by atoms with Crippen molar-refractivity contribution in [2.75, 3.05) is 10.2 Å². The number of amides is 4. The lowest BCUT2D eigenvalue weighted by molar-refractivity contribution is -0.177. The Labute approximate surface area is 355 Å². The number of ether oxygens (including phenoxy) is 1. The molecule has 302 valence electrons. The molecular formula is C49H39N5O6S. The number of rotatable bonds is 7. The number of aromatic hydroxyl groups is 1. The summed E-state index contributed by atoms with van der Waals surface area (Å²) in [6, 6.07) is 45.0. The van der Waals surface area contributed by atoms with E-state index in [1.54, 1.807) is 36.4 Å². The van der Waals surface area contributed by atoms with Gasteiger partial charge in [-0.1, -0.05) is 145 Å². The Morgan fingerprint density at radius 1 is 0.738 bits per heavy atom. The van der Waals surface area contributed by atoms with Crippen molar-refractivity contribution in [1.29, 1.82) is 0 Å². The highest BCUT2D eigenvalue weighted by Crippen LogP contribution is 2.66. The minimum Gasteiger partial charge on any atom is -0.508 e. The number of esters is 1. The molecule has 7 aromatic rings. The van der Waals surface area contributed by atoms with E-state index in [2.05, 4.69) is 10.6 Å². The van der Waals surface area contributed by atoms with E-state index in [9.17, 15) is 9.90 Å². The maximum absolute atomic E-state index is 16.2. The number of phenolic OH excluding ortho intramolecular Hbond substituents is 1. The number of carbonyl (C=O) groups is 4. The monoisotopic (exact) mass is 825 g/mol. The highest BCUT2D eigenvalue weighted by atomic mass is 32.1. The van der Waals surface area contributed by atoms with Crippen LogP contribution in [0.2, 0.25) is 0 Å². The summed E-state index contributed by atoms with van der Waals surface area (Å²) in [7, 11) is 0. The summed E-state index contributed by atoms with van der Waals surface area (Å²) in [4.78, 5) is 69.5. The number of imide groups is 1. The van der Waals surface area contributed by atoms with E-state index in [1.807, 2.05) is 127 Å². The Bertz CT molecular complexity index is 2770. The van der Waals surface area contributed by atoms with E-state index >= 15 is 14.4 Å². The number of fused-ring (bicyclic) bond motifs is 4. The van der Waals surface area contributed by atoms with Gasteiger partial charge < -0.3 is 20.5 Å². The van der Waals surface area contributed by atoms with Crippen molar-refractivity contribution in [3.8, 4) is 5.75 Å². The molecule has 3 N–H and O–H groups in total. The van der Waals surface area contributed by atoms with Crippen LogP contribution in [0.3, 0.4) is 0 Å². The lowest BCUT2D eigenvalue weighted by Crippen LogP contribution is -2.55. The second-order valence-electron chi connectivity index (χ2n) is 15.6. The summed E-state index contributed by atoms with van der Waals surface area (Å²) in [5.41, 5.74) is 2.33. The standard InChI is InChI=1S/C49H39N5O6S/c1-29(30-15-5-2-6-16-30)50-48(59)53-37-23-13-11-21-35(37)49(46(53)58)39(44(56)52-47-51-36-22-12-14-24-38(36)61-47)41-45(57)60-42(32-19-9-4-10-20-32)40(31-17-7-3-8-18-31)54(41)43(49)33-25-27-34(55)28-26-33/h2-29,39-43,55H,1H3,(H,50,59)(H,51,52,56)/t29-,39-,40-,41-,42+,43+,49-/m1/s1. The lowest BCUT2D eigenvalue weighted by atomic mass is 9.65. The molecule has 3 aliphatic rings. The topological polar surface area (TPSA) is 141 Å². The van der Waals surface area contributed by atoms with Gasteiger partial charge in [-0.2, -0.15) is 0 Å². The van der Waals surface area contributed by atoms with E-state index in [0.717, 1.165) is 26.3 Å². The Balaban J connectivity index is 1.22. The number of cyclic esters (lactones) is 1. The molecule has 0 saturated carbocycles. The molecule has 0 bridgehead atoms. The second-order valence-corrected chi connectivity index (χ2v) is 16.6. The number of carbonyl (C=O) groups excluding carboxylic acids is 4. The number of hydrogen-bond acceptors (Lipinski definition) is 9. The van der Waals surface area contributed by atoms with Gasteiger partial charge in [0.25, 0.3) is 0 Å². The van der Waals surface area contributed by atoms with Crippen molar-refractivity contribution < 1.29 is 29.0 Å². The molecule has 1 aromatic heterocycles. The van der Waals surface area contributed by atoms with Crippen LogP contribution in [0.1, 0.15) is 59.0 Å². The largest absolute Gasteiger partial charge is 0.508 e. The maximum Gasteiger partial charge on any atom is 0.329 e. The average molecular weight is 826 g/mol. The number of phenols is 1. The van der Waals surface area contributed by atoms with Gasteiger partial charge in [0, 0.05) is 0 Å². The molecule has 2 saturated heterocycles. The quantitative estimate of drug-likeness (QED) is 0.136. The Kier molecular flexibility index (Phi) is 9.46. The van der Waals surface area contributed by atoms with Gasteiger partial charge in [0.1, 0.15) is 23.3 Å². The first-order chi connectivity index (χ1) is 29.8. The molecule has 61 heavy (non-hydrogen) atoms. The molecule has 0 aliphatic carbocycles. The van der Waals surface area contributed by atoms with Gasteiger partial charge in [0.2, 0.25) is 11.8 Å². The van der Waals surface area contributed by atoms with Gasteiger partial charge in [-0.15, -0.1) is 0 Å². The first-order valence-electron chi connectivity index (χ1n) is 20.1. The zero-order valence-corrected chi connectivity index (χ0v) is 33.6. The van der Waals surface area contributed by atoms with Crippen LogP contribution < -0.4 is 15.5 Å². The van der Waals surface area contributed by atoms with Gasteiger partial charge in [0.15, 0.2) is 5.13 Å². The zero-order valence-electron chi connectivity index (χ0n) is 32.8. The zero-order chi connectivity index (χ0) is 41.8. The van der Waals surface area contributed by atoms with Crippen molar-refractivity contribution in [2.45, 2.75) is 42.6 Å². The van der Waals surface area contributed by atoms with Crippen molar-refractivity contribution in [1.82, 2.24) is 15.2 Å². The fourth-order valence-corrected chi connectivity index (χ4v) is 10.6. The van der Waals surface area contributed by atoms with Crippen LogP contribution in [0.15, 0.2) is 164 Å². The third-order valence-electron chi connectivity index (χ3n) is 12.2. The molecule has 10 rings (SSSR count). The smallest absolute Gasteiger partial charge is 0.329 e. The molecule has 3 aliphatic heterocycles. The summed E-state index contributed by atoms with van der Waals surface area (Å²) >= 11 is 1.28. The van der Waals surface area contributed by atoms with Crippen LogP contribution in [0, 0.1) is 5.92 Å². The van der Waals surface area contributed by atoms with E-state index in [4.69, 9.17) is 9.72 Å². The first-order valence-corrected chi connectivity index (χ1v) is 20.9. The summed E-state index contributed by atoms with van der Waals surface area (Å²) in [5, 5.41) is 17.0. The van der Waals surface area contributed by atoms with Gasteiger partial charge >= 0.3 is 12.0 Å². The number of urea groups is 1. The SMILES string of the molecule is C[C@@H](NC(=O)N1C(=O)[C@@]2(c3ccccc31)[C@H](c1ccc(O)cc1)N1[C@H](c3ccccc3)[C@H](c3ccccc3)OC(=O)[C@H]1[C@@H]2C(=O)Nc1nc2ccccc2s1)c1ccccc1. The van der Waals surface area contributed by atoms with E-state index in [0.29, 0.717) is 16.6 Å². The predicted octanol–water partition coefficient (Wildman–Crippen LogP) is 8.78. The lowest BCUT2D eigenvalue weighted by Gasteiger charge is -2.46. The maximum atomic E-state index is 16.2. The molecular weight excluding hydrogens is 787 g/mol. The van der Waals surface area contributed by atoms with Crippen molar-refractivity contribution in [2.24, 2.45) is 5.92 Å². The van der Waals surface area contributed by atoms with Crippen molar-refractivity contribution >= 4 is 56.2 Å². The Morgan fingerprint density at radius 3 is 2.07 bits per heavy atom. The molecule has 0 unspecified atom stereocenters. The van der Waals surface area contributed by atoms with Crippen molar-refractivity contribution in [3.05, 3.63) is 192 Å². The number of nitrogens with one attached hydrogen (secondary N) is 2. The van der Waals surface area contributed by atoms with Gasteiger partial charge in [-0.3, -0.25) is 19.3 Å². The van der Waals surface area contributed by atoms with Gasteiger partial charge in [-0.05, 0) is 65.1 Å². The molecule has 4 amide bonds. The predicted molar refractivity (Wildman–Crippen MR) is 232 cm³/mol. The number of para-hydroxylation sites is 2. The van der Waals surface area contributed by atoms with Crippen molar-refractivity contribution in [3.63, 3.8) is 0 Å². The third-order valence-corrected chi connectivity index (χ3v) is 13.2. The number of hydrogen-bond donors (Lipinski definition) is 3. The van der Waals surface area contributed by atoms with Crippen LogP contribution in [-0.2, 0) is 24.5 Å². The van der Waals surface area contributed by atoms with Crippen LogP contribution in [0.5, 0.6) is 5.75 Å². The molecule has 1 spiro atoms. The molecule has 7 atom stereocenters. The number of aromatic nitrogens is 1. The highest BCUT2D eigenvalue weighted by Gasteiger charge is 2.75. The molecule has 12 heteroatoms. The van der Waals surface area contributed by atoms with E-state index in [1.165, 1.54) is 23.5 Å². The first kappa shape index (κ1) is 38.1. The van der Waals surface area contributed by atoms with Gasteiger partial charge in [-0.25, -0.2) is 14.7 Å². The van der Waals surface area contributed by atoms with Crippen LogP contribution in [0.25, 0.3) is 10.2 Å². The van der Waals surface area contributed by atoms with Crippen LogP contribution in [-0.4, -0.2) is 44.8 Å². The van der Waals surface area contributed by atoms with E-state index in [-0.39, 0.29) is 16.6 Å². The fraction of sp³-hybridized carbons (Fsp3) is 0.163. The molecule has 6 aromatic carbocycles.